The third-order valence-electron chi connectivity index (χ3n) is 4.47. The molecule has 2 aromatic carbocycles. The van der Waals surface area contributed by atoms with Gasteiger partial charge in [0.1, 0.15) is 5.75 Å². The van der Waals surface area contributed by atoms with E-state index in [9.17, 15) is 4.79 Å². The van der Waals surface area contributed by atoms with Crippen LogP contribution in [0.4, 0.5) is 0 Å². The first-order chi connectivity index (χ1) is 13.6. The summed E-state index contributed by atoms with van der Waals surface area (Å²) in [5, 5.41) is 11.9. The van der Waals surface area contributed by atoms with Gasteiger partial charge >= 0.3 is 0 Å². The standard InChI is InChI=1S/C22H24N2O4/c1-15(2)22(17-6-9-19-20(12-17)27-11-3-10-26-19)24-21(25)14-28-18-7-4-16(13-23)5-8-18/h4-9,12,15,22H,3,10-11,14H2,1-2H3,(H,24,25). The number of nitrogens with zero attached hydrogens (tertiary/aromatic N) is 1. The quantitative estimate of drug-likeness (QED) is 0.828. The van der Waals surface area contributed by atoms with Gasteiger partial charge in [0.15, 0.2) is 18.1 Å². The monoisotopic (exact) mass is 380 g/mol. The lowest BCUT2D eigenvalue weighted by atomic mass is 9.95. The maximum atomic E-state index is 12.4. The van der Waals surface area contributed by atoms with E-state index in [2.05, 4.69) is 19.2 Å². The number of rotatable bonds is 6. The summed E-state index contributed by atoms with van der Waals surface area (Å²) in [6.45, 7) is 5.27. The fourth-order valence-electron chi connectivity index (χ4n) is 3.00. The van der Waals surface area contributed by atoms with Crippen molar-refractivity contribution in [2.75, 3.05) is 19.8 Å². The van der Waals surface area contributed by atoms with Crippen LogP contribution >= 0.6 is 0 Å². The SMILES string of the molecule is CC(C)C(NC(=O)COc1ccc(C#N)cc1)c1ccc2c(c1)OCCCO2. The number of amides is 1. The molecule has 146 valence electrons. The topological polar surface area (TPSA) is 80.6 Å². The van der Waals surface area contributed by atoms with Crippen LogP contribution in [0.5, 0.6) is 17.2 Å². The van der Waals surface area contributed by atoms with Crippen molar-refractivity contribution < 1.29 is 19.0 Å². The minimum absolute atomic E-state index is 0.0975. The lowest BCUT2D eigenvalue weighted by Crippen LogP contribution is -2.35. The van der Waals surface area contributed by atoms with Gasteiger partial charge < -0.3 is 19.5 Å². The first-order valence-electron chi connectivity index (χ1n) is 9.38. The molecule has 1 aliphatic rings. The Bertz CT molecular complexity index is 856. The van der Waals surface area contributed by atoms with Crippen LogP contribution in [0, 0.1) is 17.2 Å². The van der Waals surface area contributed by atoms with E-state index in [0.717, 1.165) is 17.7 Å². The van der Waals surface area contributed by atoms with Gasteiger partial charge in [-0.1, -0.05) is 19.9 Å². The van der Waals surface area contributed by atoms with Gasteiger partial charge in [-0.3, -0.25) is 4.79 Å². The lowest BCUT2D eigenvalue weighted by Gasteiger charge is -2.24. The van der Waals surface area contributed by atoms with Gasteiger partial charge in [0.2, 0.25) is 0 Å². The normalized spacial score (nSPS) is 13.9. The molecule has 0 aromatic heterocycles. The Kier molecular flexibility index (Phi) is 6.38. The lowest BCUT2D eigenvalue weighted by molar-refractivity contribution is -0.124. The maximum absolute atomic E-state index is 12.4. The second-order valence-corrected chi connectivity index (χ2v) is 6.97. The minimum Gasteiger partial charge on any atom is -0.490 e. The van der Waals surface area contributed by atoms with Crippen molar-refractivity contribution in [1.82, 2.24) is 5.32 Å². The molecule has 1 heterocycles. The maximum Gasteiger partial charge on any atom is 0.258 e. The summed E-state index contributed by atoms with van der Waals surface area (Å²) in [7, 11) is 0. The van der Waals surface area contributed by atoms with Gasteiger partial charge in [-0.2, -0.15) is 5.26 Å². The third-order valence-corrected chi connectivity index (χ3v) is 4.47. The second kappa shape index (κ2) is 9.14. The Hall–Kier alpha value is -3.20. The minimum atomic E-state index is -0.213. The molecular formula is C22H24N2O4. The Morgan fingerprint density at radius 3 is 2.54 bits per heavy atom. The van der Waals surface area contributed by atoms with E-state index in [-0.39, 0.29) is 24.5 Å². The van der Waals surface area contributed by atoms with Gasteiger partial charge in [-0.05, 0) is 47.9 Å². The molecule has 1 aliphatic heterocycles. The van der Waals surface area contributed by atoms with Crippen LogP contribution in [0.25, 0.3) is 0 Å². The molecule has 1 unspecified atom stereocenters. The summed E-state index contributed by atoms with van der Waals surface area (Å²) in [5.41, 5.74) is 1.51. The van der Waals surface area contributed by atoms with Crippen LogP contribution < -0.4 is 19.5 Å². The molecule has 3 rings (SSSR count). The smallest absolute Gasteiger partial charge is 0.258 e. The molecule has 0 aliphatic carbocycles. The van der Waals surface area contributed by atoms with Gasteiger partial charge in [0, 0.05) is 6.42 Å². The molecule has 28 heavy (non-hydrogen) atoms. The van der Waals surface area contributed by atoms with Gasteiger partial charge in [0.05, 0.1) is 30.9 Å². The summed E-state index contributed by atoms with van der Waals surface area (Å²) in [4.78, 5) is 12.4. The van der Waals surface area contributed by atoms with E-state index in [1.807, 2.05) is 24.3 Å². The molecule has 6 nitrogen and oxygen atoms in total. The molecule has 0 spiro atoms. The van der Waals surface area contributed by atoms with Crippen LogP contribution in [0.3, 0.4) is 0 Å². The Morgan fingerprint density at radius 2 is 1.86 bits per heavy atom. The number of nitriles is 1. The van der Waals surface area contributed by atoms with Crippen molar-refractivity contribution >= 4 is 5.91 Å². The number of carbonyl (C=O) groups excluding carboxylic acids is 1. The summed E-state index contributed by atoms with van der Waals surface area (Å²) in [6, 6.07) is 14.3. The Morgan fingerprint density at radius 1 is 1.14 bits per heavy atom. The molecule has 1 atom stereocenters. The number of benzene rings is 2. The zero-order chi connectivity index (χ0) is 19.9. The fraction of sp³-hybridized carbons (Fsp3) is 0.364. The average molecular weight is 380 g/mol. The number of ether oxygens (including phenoxy) is 3. The van der Waals surface area contributed by atoms with E-state index in [1.54, 1.807) is 24.3 Å². The predicted octanol–water partition coefficient (Wildman–Crippen LogP) is 3.61. The first kappa shape index (κ1) is 19.6. The van der Waals surface area contributed by atoms with Crippen molar-refractivity contribution in [2.24, 2.45) is 5.92 Å². The highest BCUT2D eigenvalue weighted by atomic mass is 16.5. The molecule has 0 fully saturated rings. The van der Waals surface area contributed by atoms with Crippen LogP contribution in [-0.2, 0) is 4.79 Å². The van der Waals surface area contributed by atoms with E-state index in [0.29, 0.717) is 30.3 Å². The molecule has 0 radical (unpaired) electrons. The fourth-order valence-corrected chi connectivity index (χ4v) is 3.00. The summed E-state index contributed by atoms with van der Waals surface area (Å²) >= 11 is 0. The molecule has 1 N–H and O–H groups in total. The van der Waals surface area contributed by atoms with Crippen molar-refractivity contribution in [3.8, 4) is 23.3 Å². The molecule has 0 saturated carbocycles. The highest BCUT2D eigenvalue weighted by molar-refractivity contribution is 5.78. The zero-order valence-electron chi connectivity index (χ0n) is 16.1. The number of nitrogens with one attached hydrogen (secondary N) is 1. The zero-order valence-corrected chi connectivity index (χ0v) is 16.1. The predicted molar refractivity (Wildman–Crippen MR) is 104 cm³/mol. The Balaban J connectivity index is 1.64. The van der Waals surface area contributed by atoms with E-state index in [4.69, 9.17) is 19.5 Å². The summed E-state index contributed by atoms with van der Waals surface area (Å²) in [6.07, 6.45) is 0.848. The van der Waals surface area contributed by atoms with Gasteiger partial charge in [-0.25, -0.2) is 0 Å². The van der Waals surface area contributed by atoms with Crippen LogP contribution in [0.15, 0.2) is 42.5 Å². The number of hydrogen-bond acceptors (Lipinski definition) is 5. The van der Waals surface area contributed by atoms with Crippen LogP contribution in [0.2, 0.25) is 0 Å². The number of fused-ring (bicyclic) bond motifs is 1. The molecule has 2 aromatic rings. The third kappa shape index (κ3) is 4.95. The average Bonchev–Trinajstić information content (AvgIpc) is 2.95. The summed E-state index contributed by atoms with van der Waals surface area (Å²) < 4.78 is 17.0. The molecule has 0 bridgehead atoms. The summed E-state index contributed by atoms with van der Waals surface area (Å²) in [5.74, 6) is 1.97. The van der Waals surface area contributed by atoms with E-state index < -0.39 is 0 Å². The van der Waals surface area contributed by atoms with Crippen molar-refractivity contribution in [1.29, 1.82) is 5.26 Å². The molecule has 6 heteroatoms. The second-order valence-electron chi connectivity index (χ2n) is 6.97. The van der Waals surface area contributed by atoms with Gasteiger partial charge in [-0.15, -0.1) is 0 Å². The van der Waals surface area contributed by atoms with Gasteiger partial charge in [0.25, 0.3) is 5.91 Å². The molecule has 0 saturated heterocycles. The first-order valence-corrected chi connectivity index (χ1v) is 9.38. The van der Waals surface area contributed by atoms with Crippen molar-refractivity contribution in [3.63, 3.8) is 0 Å². The van der Waals surface area contributed by atoms with Crippen LogP contribution in [-0.4, -0.2) is 25.7 Å². The van der Waals surface area contributed by atoms with Crippen molar-refractivity contribution in [3.05, 3.63) is 53.6 Å². The number of carbonyl (C=O) groups is 1. The highest BCUT2D eigenvalue weighted by Crippen LogP contribution is 2.34. The molecular weight excluding hydrogens is 356 g/mol. The van der Waals surface area contributed by atoms with Crippen LogP contribution in [0.1, 0.15) is 37.4 Å². The molecule has 1 amide bonds. The van der Waals surface area contributed by atoms with E-state index >= 15 is 0 Å². The Labute approximate surface area is 165 Å². The van der Waals surface area contributed by atoms with Crippen molar-refractivity contribution in [2.45, 2.75) is 26.3 Å². The number of hydrogen-bond donors (Lipinski definition) is 1. The van der Waals surface area contributed by atoms with E-state index in [1.165, 1.54) is 0 Å². The highest BCUT2D eigenvalue weighted by Gasteiger charge is 2.21. The largest absolute Gasteiger partial charge is 0.490 e.